The summed E-state index contributed by atoms with van der Waals surface area (Å²) in [5.41, 5.74) is 2.36. The van der Waals surface area contributed by atoms with Crippen molar-refractivity contribution in [2.75, 3.05) is 19.6 Å². The van der Waals surface area contributed by atoms with Crippen molar-refractivity contribution in [1.82, 2.24) is 4.90 Å². The fourth-order valence-electron chi connectivity index (χ4n) is 2.11. The molecule has 0 aliphatic heterocycles. The van der Waals surface area contributed by atoms with Gasteiger partial charge in [-0.3, -0.25) is 0 Å². The Labute approximate surface area is 112 Å². The number of hydrogen-bond donors (Lipinski definition) is 1. The summed E-state index contributed by atoms with van der Waals surface area (Å²) < 4.78 is 0. The van der Waals surface area contributed by atoms with Gasteiger partial charge in [-0.05, 0) is 36.6 Å². The molecule has 0 spiro atoms. The van der Waals surface area contributed by atoms with E-state index in [-0.39, 0.29) is 6.10 Å². The summed E-state index contributed by atoms with van der Waals surface area (Å²) in [4.78, 5) is 2.34. The molecule has 0 saturated carbocycles. The second kappa shape index (κ2) is 7.55. The molecule has 0 aliphatic rings. The molecule has 1 N–H and O–H groups in total. The van der Waals surface area contributed by atoms with Gasteiger partial charge in [0.2, 0.25) is 0 Å². The average molecular weight is 249 g/mol. The molecule has 2 nitrogen and oxygen atoms in total. The predicted molar refractivity (Wildman–Crippen MR) is 77.9 cm³/mol. The molecule has 1 aromatic rings. The van der Waals surface area contributed by atoms with Crippen LogP contribution >= 0.6 is 0 Å². The van der Waals surface area contributed by atoms with E-state index < -0.39 is 0 Å². The van der Waals surface area contributed by atoms with E-state index in [0.29, 0.717) is 5.92 Å². The smallest absolute Gasteiger partial charge is 0.0802 e. The molecule has 1 atom stereocenters. The Morgan fingerprint density at radius 3 is 1.94 bits per heavy atom. The Kier molecular flexibility index (Phi) is 6.37. The van der Waals surface area contributed by atoms with Gasteiger partial charge in [-0.15, -0.1) is 0 Å². The van der Waals surface area contributed by atoms with Gasteiger partial charge in [0.15, 0.2) is 0 Å². The molecule has 2 heteroatoms. The number of aliphatic hydroxyl groups is 1. The van der Waals surface area contributed by atoms with Crippen LogP contribution in [0.3, 0.4) is 0 Å². The predicted octanol–water partition coefficient (Wildman–Crippen LogP) is 3.58. The fourth-order valence-corrected chi connectivity index (χ4v) is 2.11. The van der Waals surface area contributed by atoms with E-state index in [1.54, 1.807) is 0 Å². The first kappa shape index (κ1) is 15.2. The van der Waals surface area contributed by atoms with Gasteiger partial charge in [-0.25, -0.2) is 0 Å². The molecule has 0 bridgehead atoms. The van der Waals surface area contributed by atoms with Crippen LogP contribution in [0, 0.1) is 0 Å². The third-order valence-corrected chi connectivity index (χ3v) is 3.60. The molecule has 1 unspecified atom stereocenters. The SMILES string of the molecule is CCN(CC)CCC(O)c1ccc(C(C)C)cc1. The lowest BCUT2D eigenvalue weighted by atomic mass is 9.99. The minimum atomic E-state index is -0.341. The van der Waals surface area contributed by atoms with Gasteiger partial charge >= 0.3 is 0 Å². The molecular weight excluding hydrogens is 222 g/mol. The lowest BCUT2D eigenvalue weighted by Gasteiger charge is -2.20. The molecular formula is C16H27NO. The Balaban J connectivity index is 2.53. The first-order valence-corrected chi connectivity index (χ1v) is 7.08. The van der Waals surface area contributed by atoms with E-state index in [1.807, 2.05) is 0 Å². The molecule has 102 valence electrons. The summed E-state index contributed by atoms with van der Waals surface area (Å²) in [5.74, 6) is 0.548. The minimum absolute atomic E-state index is 0.341. The van der Waals surface area contributed by atoms with E-state index in [9.17, 15) is 5.11 Å². The van der Waals surface area contributed by atoms with E-state index >= 15 is 0 Å². The van der Waals surface area contributed by atoms with E-state index in [2.05, 4.69) is 56.9 Å². The monoisotopic (exact) mass is 249 g/mol. The third-order valence-electron chi connectivity index (χ3n) is 3.60. The highest BCUT2D eigenvalue weighted by Crippen LogP contribution is 2.20. The molecule has 1 aromatic carbocycles. The lowest BCUT2D eigenvalue weighted by Crippen LogP contribution is -2.25. The summed E-state index contributed by atoms with van der Waals surface area (Å²) in [6.07, 6.45) is 0.467. The Morgan fingerprint density at radius 2 is 1.50 bits per heavy atom. The van der Waals surface area contributed by atoms with E-state index in [4.69, 9.17) is 0 Å². The highest BCUT2D eigenvalue weighted by atomic mass is 16.3. The first-order valence-electron chi connectivity index (χ1n) is 7.08. The summed E-state index contributed by atoms with van der Waals surface area (Å²) in [7, 11) is 0. The molecule has 1 rings (SSSR count). The maximum Gasteiger partial charge on any atom is 0.0802 e. The van der Waals surface area contributed by atoms with Gasteiger partial charge in [0, 0.05) is 6.54 Å². The molecule has 0 saturated heterocycles. The van der Waals surface area contributed by atoms with Gasteiger partial charge in [0.05, 0.1) is 6.10 Å². The van der Waals surface area contributed by atoms with Crippen molar-refractivity contribution >= 4 is 0 Å². The van der Waals surface area contributed by atoms with Gasteiger partial charge in [0.25, 0.3) is 0 Å². The zero-order valence-corrected chi connectivity index (χ0v) is 12.2. The van der Waals surface area contributed by atoms with Crippen LogP contribution in [0.1, 0.15) is 57.3 Å². The normalized spacial score (nSPS) is 13.3. The van der Waals surface area contributed by atoms with Gasteiger partial charge < -0.3 is 10.0 Å². The van der Waals surface area contributed by atoms with Crippen LogP contribution in [0.25, 0.3) is 0 Å². The number of nitrogens with zero attached hydrogens (tertiary/aromatic N) is 1. The Morgan fingerprint density at radius 1 is 1.00 bits per heavy atom. The second-order valence-corrected chi connectivity index (χ2v) is 5.15. The van der Waals surface area contributed by atoms with Crippen molar-refractivity contribution in [2.24, 2.45) is 0 Å². The maximum absolute atomic E-state index is 10.2. The third kappa shape index (κ3) is 4.43. The van der Waals surface area contributed by atoms with Crippen molar-refractivity contribution in [1.29, 1.82) is 0 Å². The molecule has 18 heavy (non-hydrogen) atoms. The number of aliphatic hydroxyl groups excluding tert-OH is 1. The molecule has 0 radical (unpaired) electrons. The van der Waals surface area contributed by atoms with Crippen molar-refractivity contribution in [3.63, 3.8) is 0 Å². The highest BCUT2D eigenvalue weighted by molar-refractivity contribution is 5.26. The average Bonchev–Trinajstić information content (AvgIpc) is 2.39. The van der Waals surface area contributed by atoms with Crippen LogP contribution in [0.15, 0.2) is 24.3 Å². The molecule has 0 amide bonds. The van der Waals surface area contributed by atoms with Gasteiger partial charge in [0.1, 0.15) is 0 Å². The maximum atomic E-state index is 10.2. The van der Waals surface area contributed by atoms with Crippen LogP contribution in [-0.2, 0) is 0 Å². The number of rotatable bonds is 7. The fraction of sp³-hybridized carbons (Fsp3) is 0.625. The van der Waals surface area contributed by atoms with Gasteiger partial charge in [-0.1, -0.05) is 52.0 Å². The number of benzene rings is 1. The highest BCUT2D eigenvalue weighted by Gasteiger charge is 2.09. The molecule has 0 heterocycles. The van der Waals surface area contributed by atoms with E-state index in [0.717, 1.165) is 31.6 Å². The van der Waals surface area contributed by atoms with Crippen LogP contribution < -0.4 is 0 Å². The standard InChI is InChI=1S/C16H27NO/c1-5-17(6-2)12-11-16(18)15-9-7-14(8-10-15)13(3)4/h7-10,13,16,18H,5-6,11-12H2,1-4H3. The van der Waals surface area contributed by atoms with Crippen LogP contribution in [0.5, 0.6) is 0 Å². The zero-order valence-electron chi connectivity index (χ0n) is 12.2. The number of hydrogen-bond acceptors (Lipinski definition) is 2. The molecule has 0 aliphatic carbocycles. The summed E-state index contributed by atoms with van der Waals surface area (Å²) >= 11 is 0. The second-order valence-electron chi connectivity index (χ2n) is 5.15. The lowest BCUT2D eigenvalue weighted by molar-refractivity contribution is 0.145. The zero-order chi connectivity index (χ0) is 13.5. The quantitative estimate of drug-likeness (QED) is 0.798. The van der Waals surface area contributed by atoms with Crippen molar-refractivity contribution in [3.05, 3.63) is 35.4 Å². The minimum Gasteiger partial charge on any atom is -0.388 e. The molecule has 0 aromatic heterocycles. The largest absolute Gasteiger partial charge is 0.388 e. The Hall–Kier alpha value is -0.860. The van der Waals surface area contributed by atoms with Crippen LogP contribution in [0.2, 0.25) is 0 Å². The summed E-state index contributed by atoms with van der Waals surface area (Å²) in [6, 6.07) is 8.37. The van der Waals surface area contributed by atoms with E-state index in [1.165, 1.54) is 5.56 Å². The van der Waals surface area contributed by atoms with Crippen LogP contribution in [-0.4, -0.2) is 29.6 Å². The van der Waals surface area contributed by atoms with Crippen molar-refractivity contribution in [3.8, 4) is 0 Å². The molecule has 0 fully saturated rings. The summed E-state index contributed by atoms with van der Waals surface area (Å²) in [5, 5.41) is 10.2. The first-order chi connectivity index (χ1) is 8.58. The van der Waals surface area contributed by atoms with Crippen molar-refractivity contribution in [2.45, 2.75) is 46.1 Å². The van der Waals surface area contributed by atoms with Crippen LogP contribution in [0.4, 0.5) is 0 Å². The Bertz CT molecular complexity index is 327. The van der Waals surface area contributed by atoms with Gasteiger partial charge in [-0.2, -0.15) is 0 Å². The summed E-state index contributed by atoms with van der Waals surface area (Å²) in [6.45, 7) is 11.8. The topological polar surface area (TPSA) is 23.5 Å². The van der Waals surface area contributed by atoms with Crippen molar-refractivity contribution < 1.29 is 5.11 Å².